The maximum absolute atomic E-state index is 12.3. The summed E-state index contributed by atoms with van der Waals surface area (Å²) in [6, 6.07) is 13.4. The summed E-state index contributed by atoms with van der Waals surface area (Å²) in [5.74, 6) is 1.03. The SMILES string of the molecule is CC1C(OC(=O)c2ccccc2)CCN(Cc2ccco2)C1C. The molecule has 0 saturated carbocycles. The largest absolute Gasteiger partial charge is 0.468 e. The molecule has 0 amide bonds. The van der Waals surface area contributed by atoms with Gasteiger partial charge in [0.1, 0.15) is 11.9 Å². The third kappa shape index (κ3) is 3.64. The van der Waals surface area contributed by atoms with Crippen molar-refractivity contribution in [2.24, 2.45) is 5.92 Å². The smallest absolute Gasteiger partial charge is 0.338 e. The second kappa shape index (κ2) is 7.01. The van der Waals surface area contributed by atoms with Crippen LogP contribution in [0, 0.1) is 5.92 Å². The fourth-order valence-electron chi connectivity index (χ4n) is 3.17. The van der Waals surface area contributed by atoms with E-state index >= 15 is 0 Å². The Hall–Kier alpha value is -2.07. The van der Waals surface area contributed by atoms with Crippen molar-refractivity contribution in [1.82, 2.24) is 4.90 Å². The lowest BCUT2D eigenvalue weighted by Gasteiger charge is -2.41. The lowest BCUT2D eigenvalue weighted by Crippen LogP contribution is -2.49. The summed E-state index contributed by atoms with van der Waals surface area (Å²) in [6.07, 6.45) is 2.52. The van der Waals surface area contributed by atoms with E-state index in [2.05, 4.69) is 18.7 Å². The summed E-state index contributed by atoms with van der Waals surface area (Å²) in [7, 11) is 0. The molecular formula is C19H23NO3. The normalized spacial score (nSPS) is 25.2. The summed E-state index contributed by atoms with van der Waals surface area (Å²) in [6.45, 7) is 6.05. The highest BCUT2D eigenvalue weighted by Gasteiger charge is 2.35. The monoisotopic (exact) mass is 313 g/mol. The van der Waals surface area contributed by atoms with Crippen LogP contribution >= 0.6 is 0 Å². The van der Waals surface area contributed by atoms with Gasteiger partial charge in [-0.2, -0.15) is 0 Å². The minimum Gasteiger partial charge on any atom is -0.468 e. The van der Waals surface area contributed by atoms with Crippen molar-refractivity contribution in [3.63, 3.8) is 0 Å². The van der Waals surface area contributed by atoms with Gasteiger partial charge < -0.3 is 9.15 Å². The molecule has 23 heavy (non-hydrogen) atoms. The number of esters is 1. The number of carbonyl (C=O) groups is 1. The number of ether oxygens (including phenoxy) is 1. The van der Waals surface area contributed by atoms with Crippen molar-refractivity contribution in [2.75, 3.05) is 6.54 Å². The second-order valence-corrected chi connectivity index (χ2v) is 6.25. The molecule has 1 aliphatic rings. The first kappa shape index (κ1) is 15.8. The quantitative estimate of drug-likeness (QED) is 0.807. The van der Waals surface area contributed by atoms with E-state index < -0.39 is 0 Å². The zero-order valence-electron chi connectivity index (χ0n) is 13.6. The van der Waals surface area contributed by atoms with E-state index in [4.69, 9.17) is 9.15 Å². The molecule has 1 fully saturated rings. The Morgan fingerprint density at radius 2 is 2.00 bits per heavy atom. The third-order valence-corrected chi connectivity index (χ3v) is 4.83. The number of carbonyl (C=O) groups excluding carboxylic acids is 1. The Morgan fingerprint density at radius 1 is 1.22 bits per heavy atom. The van der Waals surface area contributed by atoms with Gasteiger partial charge in [0.2, 0.25) is 0 Å². The van der Waals surface area contributed by atoms with Crippen molar-refractivity contribution in [1.29, 1.82) is 0 Å². The molecule has 1 aromatic heterocycles. The van der Waals surface area contributed by atoms with E-state index in [9.17, 15) is 4.79 Å². The molecule has 2 aromatic rings. The Labute approximate surface area is 137 Å². The van der Waals surface area contributed by atoms with Crippen LogP contribution in [-0.4, -0.2) is 29.6 Å². The Kier molecular flexibility index (Phi) is 4.82. The number of hydrogen-bond donors (Lipinski definition) is 0. The van der Waals surface area contributed by atoms with Gasteiger partial charge in [-0.1, -0.05) is 25.1 Å². The van der Waals surface area contributed by atoms with E-state index in [0.29, 0.717) is 11.6 Å². The highest BCUT2D eigenvalue weighted by Crippen LogP contribution is 2.28. The summed E-state index contributed by atoms with van der Waals surface area (Å²) < 4.78 is 11.2. The number of likely N-dealkylation sites (tertiary alicyclic amines) is 1. The maximum Gasteiger partial charge on any atom is 0.338 e. The molecule has 0 aliphatic carbocycles. The van der Waals surface area contributed by atoms with Crippen molar-refractivity contribution in [2.45, 2.75) is 39.0 Å². The molecule has 3 unspecified atom stereocenters. The van der Waals surface area contributed by atoms with E-state index in [-0.39, 0.29) is 18.0 Å². The first-order chi connectivity index (χ1) is 11.1. The van der Waals surface area contributed by atoms with Gasteiger partial charge in [-0.3, -0.25) is 4.90 Å². The predicted octanol–water partition coefficient (Wildman–Crippen LogP) is 3.74. The van der Waals surface area contributed by atoms with Gasteiger partial charge in [-0.15, -0.1) is 0 Å². The van der Waals surface area contributed by atoms with Gasteiger partial charge in [0.25, 0.3) is 0 Å². The van der Waals surface area contributed by atoms with E-state index in [1.54, 1.807) is 18.4 Å². The molecule has 0 radical (unpaired) electrons. The van der Waals surface area contributed by atoms with Crippen molar-refractivity contribution >= 4 is 5.97 Å². The van der Waals surface area contributed by atoms with Gasteiger partial charge in [-0.05, 0) is 37.6 Å². The highest BCUT2D eigenvalue weighted by atomic mass is 16.5. The van der Waals surface area contributed by atoms with Crippen molar-refractivity contribution < 1.29 is 13.9 Å². The Bertz CT molecular complexity index is 623. The summed E-state index contributed by atoms with van der Waals surface area (Å²) >= 11 is 0. The van der Waals surface area contributed by atoms with Crippen LogP contribution in [0.15, 0.2) is 53.1 Å². The minimum absolute atomic E-state index is 0.0365. The topological polar surface area (TPSA) is 42.7 Å². The number of nitrogens with zero attached hydrogens (tertiary/aromatic N) is 1. The molecule has 4 heteroatoms. The van der Waals surface area contributed by atoms with Crippen LogP contribution in [-0.2, 0) is 11.3 Å². The average Bonchev–Trinajstić information content (AvgIpc) is 3.08. The first-order valence-electron chi connectivity index (χ1n) is 8.17. The number of rotatable bonds is 4. The number of furan rings is 1. The van der Waals surface area contributed by atoms with Crippen LogP contribution < -0.4 is 0 Å². The molecule has 1 saturated heterocycles. The maximum atomic E-state index is 12.3. The third-order valence-electron chi connectivity index (χ3n) is 4.83. The van der Waals surface area contributed by atoms with Crippen molar-refractivity contribution in [3.05, 3.63) is 60.1 Å². The zero-order valence-corrected chi connectivity index (χ0v) is 13.6. The first-order valence-corrected chi connectivity index (χ1v) is 8.17. The fraction of sp³-hybridized carbons (Fsp3) is 0.421. The van der Waals surface area contributed by atoms with E-state index in [0.717, 1.165) is 25.3 Å². The van der Waals surface area contributed by atoms with Gasteiger partial charge in [0.05, 0.1) is 18.4 Å². The molecular weight excluding hydrogens is 290 g/mol. The molecule has 1 aromatic carbocycles. The number of hydrogen-bond acceptors (Lipinski definition) is 4. The standard InChI is InChI=1S/C19H23NO3/c1-14-15(2)20(13-17-9-6-12-22-17)11-10-18(14)23-19(21)16-7-4-3-5-8-16/h3-9,12,14-15,18H,10-11,13H2,1-2H3. The van der Waals surface area contributed by atoms with E-state index in [1.807, 2.05) is 30.3 Å². The number of benzene rings is 1. The van der Waals surface area contributed by atoms with Crippen LogP contribution in [0.2, 0.25) is 0 Å². The zero-order chi connectivity index (χ0) is 16.2. The summed E-state index contributed by atoms with van der Waals surface area (Å²) in [5, 5.41) is 0. The Morgan fingerprint density at radius 3 is 2.70 bits per heavy atom. The van der Waals surface area contributed by atoms with Crippen molar-refractivity contribution in [3.8, 4) is 0 Å². The van der Waals surface area contributed by atoms with Gasteiger partial charge >= 0.3 is 5.97 Å². The van der Waals surface area contributed by atoms with Crippen LogP contribution in [0.1, 0.15) is 36.4 Å². The minimum atomic E-state index is -0.228. The predicted molar refractivity (Wildman–Crippen MR) is 88.0 cm³/mol. The average molecular weight is 313 g/mol. The Balaban J connectivity index is 1.60. The van der Waals surface area contributed by atoms with Gasteiger partial charge in [0.15, 0.2) is 0 Å². The van der Waals surface area contributed by atoms with Gasteiger partial charge in [0, 0.05) is 18.5 Å². The molecule has 0 N–H and O–H groups in total. The lowest BCUT2D eigenvalue weighted by atomic mass is 9.89. The molecule has 122 valence electrons. The van der Waals surface area contributed by atoms with Gasteiger partial charge in [-0.25, -0.2) is 4.79 Å². The number of piperidine rings is 1. The molecule has 4 nitrogen and oxygen atoms in total. The van der Waals surface area contributed by atoms with Crippen LogP contribution in [0.5, 0.6) is 0 Å². The lowest BCUT2D eigenvalue weighted by molar-refractivity contribution is -0.0335. The highest BCUT2D eigenvalue weighted by molar-refractivity contribution is 5.89. The molecule has 0 spiro atoms. The van der Waals surface area contributed by atoms with Crippen LogP contribution in [0.4, 0.5) is 0 Å². The molecule has 3 atom stereocenters. The molecule has 2 heterocycles. The summed E-state index contributed by atoms with van der Waals surface area (Å²) in [5.41, 5.74) is 0.616. The van der Waals surface area contributed by atoms with E-state index in [1.165, 1.54) is 0 Å². The molecule has 1 aliphatic heterocycles. The molecule has 0 bridgehead atoms. The second-order valence-electron chi connectivity index (χ2n) is 6.25. The van der Waals surface area contributed by atoms with Crippen LogP contribution in [0.3, 0.4) is 0 Å². The molecule has 3 rings (SSSR count). The fourth-order valence-corrected chi connectivity index (χ4v) is 3.17. The van der Waals surface area contributed by atoms with Crippen LogP contribution in [0.25, 0.3) is 0 Å². The summed E-state index contributed by atoms with van der Waals surface area (Å²) in [4.78, 5) is 14.6.